The maximum absolute atomic E-state index is 12.2. The van der Waals surface area contributed by atoms with Gasteiger partial charge in [-0.05, 0) is 50.2 Å². The van der Waals surface area contributed by atoms with Gasteiger partial charge >= 0.3 is 0 Å². The molecule has 0 radical (unpaired) electrons. The van der Waals surface area contributed by atoms with Crippen LogP contribution in [0.1, 0.15) is 22.3 Å². The molecule has 0 bridgehead atoms. The van der Waals surface area contributed by atoms with Crippen molar-refractivity contribution in [1.82, 2.24) is 10.2 Å². The molecule has 0 aromatic heterocycles. The van der Waals surface area contributed by atoms with Crippen molar-refractivity contribution >= 4 is 5.91 Å². The molecule has 1 heterocycles. The Morgan fingerprint density at radius 3 is 2.83 bits per heavy atom. The van der Waals surface area contributed by atoms with E-state index in [-0.39, 0.29) is 5.91 Å². The van der Waals surface area contributed by atoms with Crippen LogP contribution in [-0.2, 0) is 0 Å². The van der Waals surface area contributed by atoms with Crippen LogP contribution in [0.25, 0.3) is 0 Å². The van der Waals surface area contributed by atoms with Crippen molar-refractivity contribution in [3.63, 3.8) is 0 Å². The quantitative estimate of drug-likeness (QED) is 0.869. The fourth-order valence-corrected chi connectivity index (χ4v) is 2.34. The van der Waals surface area contributed by atoms with Crippen LogP contribution in [0.5, 0.6) is 0 Å². The monoisotopic (exact) mass is 243 g/mol. The number of rotatable bonds is 3. The van der Waals surface area contributed by atoms with Gasteiger partial charge in [0, 0.05) is 18.7 Å². The molecule has 2 rings (SSSR count). The molecule has 0 saturated carbocycles. The molecular formula is C14H17N3O. The lowest BCUT2D eigenvalue weighted by atomic mass is 10.1. The summed E-state index contributed by atoms with van der Waals surface area (Å²) in [6.07, 6.45) is 1.06. The van der Waals surface area contributed by atoms with Gasteiger partial charge in [0.15, 0.2) is 0 Å². The molecule has 1 amide bonds. The first-order valence-electron chi connectivity index (χ1n) is 6.18. The van der Waals surface area contributed by atoms with E-state index in [1.165, 1.54) is 0 Å². The number of amides is 1. The summed E-state index contributed by atoms with van der Waals surface area (Å²) in [5.41, 5.74) is 1.25. The average Bonchev–Trinajstić information content (AvgIpc) is 2.87. The van der Waals surface area contributed by atoms with E-state index in [4.69, 9.17) is 5.26 Å². The highest BCUT2D eigenvalue weighted by molar-refractivity contribution is 5.94. The third kappa shape index (κ3) is 2.69. The van der Waals surface area contributed by atoms with Crippen LogP contribution < -0.4 is 5.32 Å². The van der Waals surface area contributed by atoms with Crippen molar-refractivity contribution < 1.29 is 4.79 Å². The maximum Gasteiger partial charge on any atom is 0.253 e. The van der Waals surface area contributed by atoms with Gasteiger partial charge in [-0.25, -0.2) is 0 Å². The van der Waals surface area contributed by atoms with Crippen LogP contribution in [-0.4, -0.2) is 37.5 Å². The first-order valence-corrected chi connectivity index (χ1v) is 6.18. The second-order valence-corrected chi connectivity index (χ2v) is 4.65. The summed E-state index contributed by atoms with van der Waals surface area (Å²) in [6.45, 7) is 2.60. The number of hydrogen-bond donors (Lipinski definition) is 1. The second-order valence-electron chi connectivity index (χ2n) is 4.65. The fraction of sp³-hybridized carbons (Fsp3) is 0.429. The Balaban J connectivity index is 2.01. The molecule has 1 aromatic carbocycles. The summed E-state index contributed by atoms with van der Waals surface area (Å²) in [7, 11) is 1.94. The van der Waals surface area contributed by atoms with Crippen LogP contribution in [0.3, 0.4) is 0 Å². The largest absolute Gasteiger partial charge is 0.338 e. The third-order valence-corrected chi connectivity index (χ3v) is 3.33. The fourth-order valence-electron chi connectivity index (χ4n) is 2.34. The normalized spacial score (nSPS) is 18.7. The Morgan fingerprint density at radius 1 is 1.50 bits per heavy atom. The summed E-state index contributed by atoms with van der Waals surface area (Å²) < 4.78 is 0. The number of hydrogen-bond acceptors (Lipinski definition) is 3. The van der Waals surface area contributed by atoms with Crippen molar-refractivity contribution in [2.75, 3.05) is 26.7 Å². The topological polar surface area (TPSA) is 56.1 Å². The van der Waals surface area contributed by atoms with Crippen molar-refractivity contribution in [2.45, 2.75) is 6.42 Å². The maximum atomic E-state index is 12.2. The van der Waals surface area contributed by atoms with E-state index in [0.717, 1.165) is 26.1 Å². The predicted molar refractivity (Wildman–Crippen MR) is 69.1 cm³/mol. The van der Waals surface area contributed by atoms with Gasteiger partial charge in [-0.2, -0.15) is 5.26 Å². The van der Waals surface area contributed by atoms with Gasteiger partial charge in [-0.15, -0.1) is 0 Å². The summed E-state index contributed by atoms with van der Waals surface area (Å²) in [4.78, 5) is 14.1. The van der Waals surface area contributed by atoms with E-state index in [1.807, 2.05) is 11.9 Å². The highest BCUT2D eigenvalue weighted by Crippen LogP contribution is 2.18. The van der Waals surface area contributed by atoms with Crippen LogP contribution in [0.15, 0.2) is 24.3 Å². The molecule has 4 heteroatoms. The molecule has 4 nitrogen and oxygen atoms in total. The summed E-state index contributed by atoms with van der Waals surface area (Å²) in [5, 5.41) is 11.9. The van der Waals surface area contributed by atoms with Gasteiger partial charge < -0.3 is 10.2 Å². The molecule has 18 heavy (non-hydrogen) atoms. The number of nitriles is 1. The predicted octanol–water partition coefficient (Wildman–Crippen LogP) is 1.24. The molecule has 1 aliphatic heterocycles. The minimum absolute atomic E-state index is 0.0677. The van der Waals surface area contributed by atoms with Crippen LogP contribution >= 0.6 is 0 Å². The van der Waals surface area contributed by atoms with Gasteiger partial charge in [0.1, 0.15) is 0 Å². The highest BCUT2D eigenvalue weighted by atomic mass is 16.2. The minimum atomic E-state index is 0.0677. The SMILES string of the molecule is CNC[C@@H]1CCN(C(=O)c2ccc(C#N)cc2)C1. The molecule has 1 aromatic rings. The number of likely N-dealkylation sites (tertiary alicyclic amines) is 1. The summed E-state index contributed by atoms with van der Waals surface area (Å²) >= 11 is 0. The molecule has 1 fully saturated rings. The number of benzene rings is 1. The number of carbonyl (C=O) groups is 1. The van der Waals surface area contributed by atoms with E-state index in [0.29, 0.717) is 17.0 Å². The van der Waals surface area contributed by atoms with Gasteiger partial charge in [0.05, 0.1) is 11.6 Å². The van der Waals surface area contributed by atoms with Gasteiger partial charge in [-0.3, -0.25) is 4.79 Å². The Morgan fingerprint density at radius 2 is 2.22 bits per heavy atom. The molecule has 0 spiro atoms. The standard InChI is InChI=1S/C14H17N3O/c1-16-9-12-6-7-17(10-12)14(18)13-4-2-11(8-15)3-5-13/h2-5,12,16H,6-7,9-10H2,1H3/t12-/m0/s1. The molecule has 1 N–H and O–H groups in total. The highest BCUT2D eigenvalue weighted by Gasteiger charge is 2.26. The Kier molecular flexibility index (Phi) is 3.96. The van der Waals surface area contributed by atoms with Crippen LogP contribution in [0.4, 0.5) is 0 Å². The molecular weight excluding hydrogens is 226 g/mol. The van der Waals surface area contributed by atoms with E-state index in [1.54, 1.807) is 24.3 Å². The Hall–Kier alpha value is -1.86. The number of nitrogens with zero attached hydrogens (tertiary/aromatic N) is 2. The van der Waals surface area contributed by atoms with Gasteiger partial charge in [-0.1, -0.05) is 0 Å². The zero-order valence-corrected chi connectivity index (χ0v) is 10.5. The molecule has 94 valence electrons. The first-order chi connectivity index (χ1) is 8.74. The van der Waals surface area contributed by atoms with E-state index < -0.39 is 0 Å². The van der Waals surface area contributed by atoms with Crippen LogP contribution in [0.2, 0.25) is 0 Å². The van der Waals surface area contributed by atoms with Gasteiger partial charge in [0.25, 0.3) is 5.91 Å². The molecule has 0 aliphatic carbocycles. The van der Waals surface area contributed by atoms with Crippen molar-refractivity contribution in [3.05, 3.63) is 35.4 Å². The molecule has 0 unspecified atom stereocenters. The summed E-state index contributed by atoms with van der Waals surface area (Å²) in [5.74, 6) is 0.621. The third-order valence-electron chi connectivity index (χ3n) is 3.33. The Bertz CT molecular complexity index is 461. The second kappa shape index (κ2) is 5.65. The molecule has 1 atom stereocenters. The number of carbonyl (C=O) groups excluding carboxylic acids is 1. The molecule has 1 aliphatic rings. The molecule has 1 saturated heterocycles. The van der Waals surface area contributed by atoms with Crippen molar-refractivity contribution in [2.24, 2.45) is 5.92 Å². The average molecular weight is 243 g/mol. The lowest BCUT2D eigenvalue weighted by Crippen LogP contribution is -2.30. The lowest BCUT2D eigenvalue weighted by molar-refractivity contribution is 0.0787. The zero-order chi connectivity index (χ0) is 13.0. The lowest BCUT2D eigenvalue weighted by Gasteiger charge is -2.16. The van der Waals surface area contributed by atoms with Crippen LogP contribution in [0, 0.1) is 17.2 Å². The minimum Gasteiger partial charge on any atom is -0.338 e. The zero-order valence-electron chi connectivity index (χ0n) is 10.5. The Labute approximate surface area is 107 Å². The van der Waals surface area contributed by atoms with E-state index in [2.05, 4.69) is 11.4 Å². The van der Waals surface area contributed by atoms with E-state index >= 15 is 0 Å². The van der Waals surface area contributed by atoms with E-state index in [9.17, 15) is 4.79 Å². The first kappa shape index (κ1) is 12.6. The van der Waals surface area contributed by atoms with Gasteiger partial charge in [0.2, 0.25) is 0 Å². The number of nitrogens with one attached hydrogen (secondary N) is 1. The summed E-state index contributed by atoms with van der Waals surface area (Å²) in [6, 6.07) is 8.89. The smallest absolute Gasteiger partial charge is 0.253 e. The van der Waals surface area contributed by atoms with Crippen molar-refractivity contribution in [1.29, 1.82) is 5.26 Å². The van der Waals surface area contributed by atoms with Crippen molar-refractivity contribution in [3.8, 4) is 6.07 Å².